The Morgan fingerprint density at radius 1 is 1.10 bits per heavy atom. The van der Waals surface area contributed by atoms with E-state index in [1.807, 2.05) is 31.2 Å². The van der Waals surface area contributed by atoms with Crippen LogP contribution < -0.4 is 4.74 Å². The normalized spacial score (nSPS) is 18.3. The van der Waals surface area contributed by atoms with Crippen molar-refractivity contribution in [3.8, 4) is 5.75 Å². The second-order valence-electron chi connectivity index (χ2n) is 5.40. The maximum absolute atomic E-state index is 12.9. The summed E-state index contributed by atoms with van der Waals surface area (Å²) in [5.41, 5.74) is 0.112. The molecule has 20 heavy (non-hydrogen) atoms. The quantitative estimate of drug-likeness (QED) is 0.602. The van der Waals surface area contributed by atoms with Crippen LogP contribution >= 0.6 is 0 Å². The molecule has 1 aliphatic rings. The van der Waals surface area contributed by atoms with Gasteiger partial charge in [0.1, 0.15) is 11.4 Å². The molecule has 0 heterocycles. The van der Waals surface area contributed by atoms with Gasteiger partial charge in [0.15, 0.2) is 5.78 Å². The minimum absolute atomic E-state index is 0.129. The van der Waals surface area contributed by atoms with Crippen LogP contribution in [0.4, 0.5) is 0 Å². The van der Waals surface area contributed by atoms with E-state index in [1.165, 1.54) is 12.8 Å². The van der Waals surface area contributed by atoms with Gasteiger partial charge in [-0.05, 0) is 44.0 Å². The fourth-order valence-electron chi connectivity index (χ4n) is 3.02. The van der Waals surface area contributed by atoms with Gasteiger partial charge in [-0.3, -0.25) is 4.79 Å². The van der Waals surface area contributed by atoms with Crippen molar-refractivity contribution in [1.82, 2.24) is 0 Å². The molecule has 0 atom stereocenters. The molecule has 2 rings (SSSR count). The fourth-order valence-corrected chi connectivity index (χ4v) is 3.02. The topological polar surface area (TPSA) is 35.5 Å². The number of carbonyl (C=O) groups excluding carboxylic acids is 1. The second-order valence-corrected chi connectivity index (χ2v) is 5.40. The lowest BCUT2D eigenvalue weighted by Gasteiger charge is -2.31. The zero-order valence-corrected chi connectivity index (χ0v) is 12.5. The van der Waals surface area contributed by atoms with Crippen molar-refractivity contribution in [1.29, 1.82) is 0 Å². The van der Waals surface area contributed by atoms with Crippen molar-refractivity contribution in [2.75, 3.05) is 13.7 Å². The first-order chi connectivity index (χ1) is 9.72. The lowest BCUT2D eigenvalue weighted by atomic mass is 9.85. The Labute approximate surface area is 121 Å². The monoisotopic (exact) mass is 276 g/mol. The number of benzene rings is 1. The minimum atomic E-state index is -0.611. The summed E-state index contributed by atoms with van der Waals surface area (Å²) in [6.45, 7) is 2.55. The molecule has 0 amide bonds. The van der Waals surface area contributed by atoms with E-state index < -0.39 is 5.60 Å². The number of hydrogen-bond acceptors (Lipinski definition) is 3. The highest BCUT2D eigenvalue weighted by Crippen LogP contribution is 2.34. The van der Waals surface area contributed by atoms with E-state index in [4.69, 9.17) is 9.47 Å². The van der Waals surface area contributed by atoms with Crippen LogP contribution in [-0.2, 0) is 4.74 Å². The predicted octanol–water partition coefficient (Wildman–Crippen LogP) is 4.01. The summed E-state index contributed by atoms with van der Waals surface area (Å²) in [7, 11) is 1.63. The molecule has 0 spiro atoms. The van der Waals surface area contributed by atoms with Crippen molar-refractivity contribution in [2.24, 2.45) is 0 Å². The van der Waals surface area contributed by atoms with E-state index >= 15 is 0 Å². The average molecular weight is 276 g/mol. The van der Waals surface area contributed by atoms with E-state index in [2.05, 4.69) is 0 Å². The van der Waals surface area contributed by atoms with Crippen LogP contribution in [0.1, 0.15) is 55.8 Å². The molecule has 0 unspecified atom stereocenters. The Morgan fingerprint density at radius 2 is 1.70 bits per heavy atom. The van der Waals surface area contributed by atoms with Crippen molar-refractivity contribution in [3.05, 3.63) is 29.8 Å². The second kappa shape index (κ2) is 6.89. The van der Waals surface area contributed by atoms with Gasteiger partial charge in [0, 0.05) is 12.2 Å². The van der Waals surface area contributed by atoms with Crippen LogP contribution in [0.25, 0.3) is 0 Å². The average Bonchev–Trinajstić information content (AvgIpc) is 2.73. The predicted molar refractivity (Wildman–Crippen MR) is 79.4 cm³/mol. The molecule has 1 aliphatic carbocycles. The smallest absolute Gasteiger partial charge is 0.194 e. The first-order valence-electron chi connectivity index (χ1n) is 7.54. The zero-order valence-electron chi connectivity index (χ0n) is 12.5. The molecule has 3 nitrogen and oxygen atoms in total. The molecular formula is C17H24O3. The molecule has 110 valence electrons. The molecule has 0 aromatic heterocycles. The van der Waals surface area contributed by atoms with Crippen LogP contribution in [-0.4, -0.2) is 25.1 Å². The van der Waals surface area contributed by atoms with E-state index in [1.54, 1.807) is 7.11 Å². The molecule has 0 saturated heterocycles. The first kappa shape index (κ1) is 15.0. The Bertz CT molecular complexity index is 428. The standard InChI is InChI=1S/C17H24O3/c1-3-20-17(12-6-4-5-7-13-17)16(18)14-8-10-15(19-2)11-9-14/h8-11H,3-7,12-13H2,1-2H3. The van der Waals surface area contributed by atoms with E-state index in [0.29, 0.717) is 6.61 Å². The van der Waals surface area contributed by atoms with Crippen molar-refractivity contribution < 1.29 is 14.3 Å². The third-order valence-electron chi connectivity index (χ3n) is 4.10. The summed E-state index contributed by atoms with van der Waals surface area (Å²) in [5.74, 6) is 0.900. The zero-order chi connectivity index (χ0) is 14.4. The van der Waals surface area contributed by atoms with Crippen LogP contribution in [0.5, 0.6) is 5.75 Å². The Kier molecular flexibility index (Phi) is 5.18. The SMILES string of the molecule is CCOC1(C(=O)c2ccc(OC)cc2)CCCCCC1. The summed E-state index contributed by atoms with van der Waals surface area (Å²) < 4.78 is 11.1. The molecule has 0 radical (unpaired) electrons. The molecule has 3 heteroatoms. The number of Topliss-reactive ketones (excluding diaryl/α,β-unsaturated/α-hetero) is 1. The summed E-state index contributed by atoms with van der Waals surface area (Å²) in [5, 5.41) is 0. The summed E-state index contributed by atoms with van der Waals surface area (Å²) in [6, 6.07) is 7.35. The van der Waals surface area contributed by atoms with Gasteiger partial charge in [-0.2, -0.15) is 0 Å². The van der Waals surface area contributed by atoms with Gasteiger partial charge < -0.3 is 9.47 Å². The lowest BCUT2D eigenvalue weighted by Crippen LogP contribution is -2.41. The largest absolute Gasteiger partial charge is 0.497 e. The van der Waals surface area contributed by atoms with Gasteiger partial charge >= 0.3 is 0 Å². The molecule has 0 bridgehead atoms. The third kappa shape index (κ3) is 3.21. The first-order valence-corrected chi connectivity index (χ1v) is 7.54. The summed E-state index contributed by atoms with van der Waals surface area (Å²) >= 11 is 0. The highest BCUT2D eigenvalue weighted by atomic mass is 16.5. The molecule has 0 aliphatic heterocycles. The number of hydrogen-bond donors (Lipinski definition) is 0. The van der Waals surface area contributed by atoms with E-state index in [-0.39, 0.29) is 5.78 Å². The van der Waals surface area contributed by atoms with Gasteiger partial charge in [-0.25, -0.2) is 0 Å². The molecular weight excluding hydrogens is 252 g/mol. The van der Waals surface area contributed by atoms with Crippen molar-refractivity contribution in [3.63, 3.8) is 0 Å². The third-order valence-corrected chi connectivity index (χ3v) is 4.10. The number of methoxy groups -OCH3 is 1. The highest BCUT2D eigenvalue weighted by molar-refractivity contribution is 6.02. The van der Waals surface area contributed by atoms with Crippen LogP contribution in [0.3, 0.4) is 0 Å². The van der Waals surface area contributed by atoms with E-state index in [0.717, 1.165) is 37.0 Å². The molecule has 1 aromatic carbocycles. The Balaban J connectivity index is 2.24. The van der Waals surface area contributed by atoms with Gasteiger partial charge in [-0.15, -0.1) is 0 Å². The van der Waals surface area contributed by atoms with Crippen molar-refractivity contribution >= 4 is 5.78 Å². The molecule has 1 saturated carbocycles. The van der Waals surface area contributed by atoms with Gasteiger partial charge in [0.05, 0.1) is 7.11 Å². The summed E-state index contributed by atoms with van der Waals surface area (Å²) in [6.07, 6.45) is 6.22. The van der Waals surface area contributed by atoms with E-state index in [9.17, 15) is 4.79 Å². The minimum Gasteiger partial charge on any atom is -0.497 e. The van der Waals surface area contributed by atoms with Crippen molar-refractivity contribution in [2.45, 2.75) is 51.0 Å². The molecule has 1 aromatic rings. The van der Waals surface area contributed by atoms with Gasteiger partial charge in [0.25, 0.3) is 0 Å². The summed E-state index contributed by atoms with van der Waals surface area (Å²) in [4.78, 5) is 12.9. The maximum atomic E-state index is 12.9. The number of carbonyl (C=O) groups is 1. The lowest BCUT2D eigenvalue weighted by molar-refractivity contribution is -0.0292. The van der Waals surface area contributed by atoms with Gasteiger partial charge in [0.2, 0.25) is 0 Å². The van der Waals surface area contributed by atoms with Gasteiger partial charge in [-0.1, -0.05) is 25.7 Å². The fraction of sp³-hybridized carbons (Fsp3) is 0.588. The maximum Gasteiger partial charge on any atom is 0.194 e. The highest BCUT2D eigenvalue weighted by Gasteiger charge is 2.39. The Hall–Kier alpha value is -1.35. The van der Waals surface area contributed by atoms with Crippen LogP contribution in [0.15, 0.2) is 24.3 Å². The van der Waals surface area contributed by atoms with Crippen LogP contribution in [0, 0.1) is 0 Å². The number of rotatable bonds is 5. The Morgan fingerprint density at radius 3 is 2.20 bits per heavy atom. The molecule has 0 N–H and O–H groups in total. The molecule has 1 fully saturated rings. The number of ether oxygens (including phenoxy) is 2. The van der Waals surface area contributed by atoms with Crippen LogP contribution in [0.2, 0.25) is 0 Å². The number of ketones is 1.